The van der Waals surface area contributed by atoms with Gasteiger partial charge in [0.05, 0.1) is 6.10 Å². The molecule has 1 aromatic carbocycles. The quantitative estimate of drug-likeness (QED) is 0.874. The number of hydrogen-bond acceptors (Lipinski definition) is 5. The Balaban J connectivity index is 1.57. The van der Waals surface area contributed by atoms with Gasteiger partial charge in [-0.2, -0.15) is 0 Å². The van der Waals surface area contributed by atoms with Gasteiger partial charge in [0.25, 0.3) is 0 Å². The average molecular weight is 278 g/mol. The first-order chi connectivity index (χ1) is 9.83. The van der Waals surface area contributed by atoms with Crippen molar-refractivity contribution in [2.24, 2.45) is 0 Å². The second kappa shape index (κ2) is 6.43. The van der Waals surface area contributed by atoms with Gasteiger partial charge >= 0.3 is 0 Å². The van der Waals surface area contributed by atoms with Gasteiger partial charge in [-0.3, -0.25) is 5.43 Å². The lowest BCUT2D eigenvalue weighted by molar-refractivity contribution is 0.0991. The van der Waals surface area contributed by atoms with Crippen molar-refractivity contribution in [3.63, 3.8) is 0 Å². The standard InChI is InChI=1S/C15H22N2O3/c18-13(11-16-17-6-2-1-3-7-17)12-4-5-14-15(10-12)20-9-8-19-14/h4-5,10,13,16,18H,1-3,6-9,11H2. The number of fused-ring (bicyclic) bond motifs is 1. The number of hydrogen-bond donors (Lipinski definition) is 2. The second-order valence-corrected chi connectivity index (χ2v) is 5.33. The summed E-state index contributed by atoms with van der Waals surface area (Å²) in [6.07, 6.45) is 3.23. The first-order valence-electron chi connectivity index (χ1n) is 7.39. The molecule has 0 saturated carbocycles. The molecule has 1 fully saturated rings. The number of aliphatic hydroxyl groups excluding tert-OH is 1. The van der Waals surface area contributed by atoms with E-state index < -0.39 is 6.10 Å². The Labute approximate surface area is 119 Å². The van der Waals surface area contributed by atoms with Crippen LogP contribution in [-0.2, 0) is 0 Å². The lowest BCUT2D eigenvalue weighted by Gasteiger charge is -2.28. The van der Waals surface area contributed by atoms with Crippen LogP contribution in [0.2, 0.25) is 0 Å². The summed E-state index contributed by atoms with van der Waals surface area (Å²) in [6.45, 7) is 3.81. The normalized spacial score (nSPS) is 20.6. The minimum absolute atomic E-state index is 0.527. The van der Waals surface area contributed by atoms with E-state index in [0.717, 1.165) is 30.2 Å². The molecule has 1 aromatic rings. The fraction of sp³-hybridized carbons (Fsp3) is 0.600. The summed E-state index contributed by atoms with van der Waals surface area (Å²) in [5.41, 5.74) is 4.17. The Morgan fingerprint density at radius 2 is 1.85 bits per heavy atom. The van der Waals surface area contributed by atoms with Gasteiger partial charge < -0.3 is 14.6 Å². The number of hydrazine groups is 1. The Hall–Kier alpha value is -1.30. The van der Waals surface area contributed by atoms with Crippen molar-refractivity contribution in [2.75, 3.05) is 32.8 Å². The highest BCUT2D eigenvalue weighted by Gasteiger charge is 2.16. The monoisotopic (exact) mass is 278 g/mol. The van der Waals surface area contributed by atoms with E-state index in [1.165, 1.54) is 19.3 Å². The molecule has 2 heterocycles. The van der Waals surface area contributed by atoms with E-state index in [-0.39, 0.29) is 0 Å². The van der Waals surface area contributed by atoms with Gasteiger partial charge in [-0.1, -0.05) is 12.5 Å². The fourth-order valence-corrected chi connectivity index (χ4v) is 2.65. The maximum Gasteiger partial charge on any atom is 0.161 e. The largest absolute Gasteiger partial charge is 0.486 e. The maximum atomic E-state index is 10.3. The van der Waals surface area contributed by atoms with E-state index in [1.807, 2.05) is 18.2 Å². The van der Waals surface area contributed by atoms with Gasteiger partial charge in [0.15, 0.2) is 11.5 Å². The predicted octanol–water partition coefficient (Wildman–Crippen LogP) is 1.48. The van der Waals surface area contributed by atoms with Gasteiger partial charge in [-0.05, 0) is 30.5 Å². The number of aliphatic hydroxyl groups is 1. The smallest absolute Gasteiger partial charge is 0.161 e. The molecule has 5 heteroatoms. The first kappa shape index (κ1) is 13.7. The van der Waals surface area contributed by atoms with Crippen LogP contribution in [0.5, 0.6) is 11.5 Å². The van der Waals surface area contributed by atoms with Crippen LogP contribution in [0.25, 0.3) is 0 Å². The number of rotatable bonds is 4. The summed E-state index contributed by atoms with van der Waals surface area (Å²) in [4.78, 5) is 0. The average Bonchev–Trinajstić information content (AvgIpc) is 2.53. The van der Waals surface area contributed by atoms with Gasteiger partial charge in [-0.15, -0.1) is 0 Å². The summed E-state index contributed by atoms with van der Waals surface area (Å²) in [6, 6.07) is 5.64. The molecule has 5 nitrogen and oxygen atoms in total. The highest BCUT2D eigenvalue weighted by molar-refractivity contribution is 5.44. The molecule has 0 radical (unpaired) electrons. The lowest BCUT2D eigenvalue weighted by Crippen LogP contribution is -2.43. The number of nitrogens with zero attached hydrogens (tertiary/aromatic N) is 1. The van der Waals surface area contributed by atoms with Crippen molar-refractivity contribution in [3.05, 3.63) is 23.8 Å². The maximum absolute atomic E-state index is 10.3. The van der Waals surface area contributed by atoms with E-state index >= 15 is 0 Å². The zero-order valence-electron chi connectivity index (χ0n) is 11.7. The van der Waals surface area contributed by atoms with Gasteiger partial charge in [0.2, 0.25) is 0 Å². The third-order valence-corrected chi connectivity index (χ3v) is 3.82. The summed E-state index contributed by atoms with van der Waals surface area (Å²) >= 11 is 0. The van der Waals surface area contributed by atoms with Gasteiger partial charge in [0, 0.05) is 19.6 Å². The Bertz CT molecular complexity index is 447. The molecule has 1 saturated heterocycles. The van der Waals surface area contributed by atoms with Crippen LogP contribution in [0, 0.1) is 0 Å². The molecule has 3 rings (SSSR count). The summed E-state index contributed by atoms with van der Waals surface area (Å²) < 4.78 is 11.0. The lowest BCUT2D eigenvalue weighted by atomic mass is 10.1. The van der Waals surface area contributed by atoms with Crippen molar-refractivity contribution < 1.29 is 14.6 Å². The van der Waals surface area contributed by atoms with E-state index in [4.69, 9.17) is 9.47 Å². The number of benzene rings is 1. The number of ether oxygens (including phenoxy) is 2. The third kappa shape index (κ3) is 3.23. The molecule has 2 aliphatic heterocycles. The molecule has 1 unspecified atom stereocenters. The SMILES string of the molecule is OC(CNN1CCCCC1)c1ccc2c(c1)OCCO2. The molecule has 2 N–H and O–H groups in total. The van der Waals surface area contributed by atoms with E-state index in [9.17, 15) is 5.11 Å². The molecule has 1 atom stereocenters. The molecular weight excluding hydrogens is 256 g/mol. The third-order valence-electron chi connectivity index (χ3n) is 3.82. The molecule has 0 bridgehead atoms. The van der Waals surface area contributed by atoms with Crippen molar-refractivity contribution in [3.8, 4) is 11.5 Å². The van der Waals surface area contributed by atoms with Crippen LogP contribution in [0.4, 0.5) is 0 Å². The summed E-state index contributed by atoms with van der Waals surface area (Å²) in [5.74, 6) is 1.49. The minimum Gasteiger partial charge on any atom is -0.486 e. The van der Waals surface area contributed by atoms with Crippen LogP contribution < -0.4 is 14.9 Å². The Kier molecular flexibility index (Phi) is 4.40. The zero-order valence-corrected chi connectivity index (χ0v) is 11.7. The molecule has 0 aliphatic carbocycles. The zero-order chi connectivity index (χ0) is 13.8. The number of piperidine rings is 1. The summed E-state index contributed by atoms with van der Waals surface area (Å²) in [7, 11) is 0. The van der Waals surface area contributed by atoms with Crippen molar-refractivity contribution in [2.45, 2.75) is 25.4 Å². The van der Waals surface area contributed by atoms with E-state index in [1.54, 1.807) is 0 Å². The Morgan fingerprint density at radius 3 is 2.65 bits per heavy atom. The van der Waals surface area contributed by atoms with Crippen LogP contribution >= 0.6 is 0 Å². The van der Waals surface area contributed by atoms with E-state index in [0.29, 0.717) is 19.8 Å². The van der Waals surface area contributed by atoms with Crippen LogP contribution in [0.15, 0.2) is 18.2 Å². The topological polar surface area (TPSA) is 54.0 Å². The van der Waals surface area contributed by atoms with Gasteiger partial charge in [0.1, 0.15) is 13.2 Å². The van der Waals surface area contributed by atoms with Crippen molar-refractivity contribution in [1.82, 2.24) is 10.4 Å². The predicted molar refractivity (Wildman–Crippen MR) is 75.8 cm³/mol. The Morgan fingerprint density at radius 1 is 1.10 bits per heavy atom. The molecular formula is C15H22N2O3. The molecule has 2 aliphatic rings. The minimum atomic E-state index is -0.534. The van der Waals surface area contributed by atoms with Crippen LogP contribution in [0.1, 0.15) is 30.9 Å². The molecule has 110 valence electrons. The molecule has 0 aromatic heterocycles. The highest BCUT2D eigenvalue weighted by Crippen LogP contribution is 2.32. The highest BCUT2D eigenvalue weighted by atomic mass is 16.6. The fourth-order valence-electron chi connectivity index (χ4n) is 2.65. The summed E-state index contributed by atoms with van der Waals surface area (Å²) in [5, 5.41) is 12.5. The first-order valence-corrected chi connectivity index (χ1v) is 7.39. The number of nitrogens with one attached hydrogen (secondary N) is 1. The second-order valence-electron chi connectivity index (χ2n) is 5.33. The molecule has 20 heavy (non-hydrogen) atoms. The van der Waals surface area contributed by atoms with Crippen molar-refractivity contribution in [1.29, 1.82) is 0 Å². The van der Waals surface area contributed by atoms with Crippen LogP contribution in [-0.4, -0.2) is 43.0 Å². The van der Waals surface area contributed by atoms with Crippen LogP contribution in [0.3, 0.4) is 0 Å². The van der Waals surface area contributed by atoms with E-state index in [2.05, 4.69) is 10.4 Å². The van der Waals surface area contributed by atoms with Crippen molar-refractivity contribution >= 4 is 0 Å². The van der Waals surface area contributed by atoms with Gasteiger partial charge in [-0.25, -0.2) is 5.01 Å². The molecule has 0 amide bonds. The molecule has 0 spiro atoms.